The van der Waals surface area contributed by atoms with Gasteiger partial charge in [-0.3, -0.25) is 15.1 Å². The van der Waals surface area contributed by atoms with Crippen LogP contribution in [0.3, 0.4) is 0 Å². The fourth-order valence-corrected chi connectivity index (χ4v) is 3.19. The molecule has 0 radical (unpaired) electrons. The maximum Gasteiger partial charge on any atom is 0.105 e. The first kappa shape index (κ1) is 15.8. The minimum Gasteiger partial charge on any atom is -0.299 e. The van der Waals surface area contributed by atoms with Gasteiger partial charge in [-0.25, -0.2) is 0 Å². The van der Waals surface area contributed by atoms with Gasteiger partial charge in [-0.1, -0.05) is 0 Å². The fraction of sp³-hybridized carbons (Fsp3) is 0.938. The first-order chi connectivity index (χ1) is 9.26. The van der Waals surface area contributed by atoms with Crippen molar-refractivity contribution in [2.45, 2.75) is 70.1 Å². The second-order valence-electron chi connectivity index (χ2n) is 7.62. The summed E-state index contributed by atoms with van der Waals surface area (Å²) in [6, 6.07) is 3.52. The van der Waals surface area contributed by atoms with Gasteiger partial charge >= 0.3 is 0 Å². The lowest BCUT2D eigenvalue weighted by Gasteiger charge is -2.48. The highest BCUT2D eigenvalue weighted by Crippen LogP contribution is 2.27. The SMILES string of the molecule is CC(CC(C)(C#N)NC1CC1)N1CCN(C)C(C)(C)C1. The van der Waals surface area contributed by atoms with Gasteiger partial charge < -0.3 is 0 Å². The van der Waals surface area contributed by atoms with Crippen LogP contribution in [-0.4, -0.2) is 59.6 Å². The lowest BCUT2D eigenvalue weighted by Crippen LogP contribution is -2.60. The standard InChI is InChI=1S/C16H30N4/c1-13(10-16(4,11-17)18-14-6-7-14)20-9-8-19(5)15(2,3)12-20/h13-14,18H,6-10,12H2,1-5H3. The van der Waals surface area contributed by atoms with E-state index in [2.05, 4.69) is 55.9 Å². The van der Waals surface area contributed by atoms with Crippen molar-refractivity contribution in [1.82, 2.24) is 15.1 Å². The summed E-state index contributed by atoms with van der Waals surface area (Å²) >= 11 is 0. The van der Waals surface area contributed by atoms with Crippen LogP contribution in [-0.2, 0) is 0 Å². The van der Waals surface area contributed by atoms with Crippen molar-refractivity contribution in [2.75, 3.05) is 26.7 Å². The molecule has 2 atom stereocenters. The minimum atomic E-state index is -0.381. The van der Waals surface area contributed by atoms with E-state index in [1.165, 1.54) is 12.8 Å². The molecule has 1 saturated carbocycles. The fourth-order valence-electron chi connectivity index (χ4n) is 3.19. The van der Waals surface area contributed by atoms with Gasteiger partial charge in [0.15, 0.2) is 0 Å². The maximum absolute atomic E-state index is 9.51. The van der Waals surface area contributed by atoms with Crippen LogP contribution in [0.25, 0.3) is 0 Å². The molecule has 0 spiro atoms. The molecule has 2 aliphatic rings. The van der Waals surface area contributed by atoms with E-state index < -0.39 is 0 Å². The summed E-state index contributed by atoms with van der Waals surface area (Å²) in [5.41, 5.74) is -0.159. The molecule has 1 aliphatic carbocycles. The summed E-state index contributed by atoms with van der Waals surface area (Å²) in [6.45, 7) is 12.2. The number of hydrogen-bond acceptors (Lipinski definition) is 4. The Morgan fingerprint density at radius 3 is 2.55 bits per heavy atom. The Hall–Kier alpha value is -0.630. The monoisotopic (exact) mass is 278 g/mol. The van der Waals surface area contributed by atoms with Crippen LogP contribution >= 0.6 is 0 Å². The zero-order valence-electron chi connectivity index (χ0n) is 13.7. The van der Waals surface area contributed by atoms with Gasteiger partial charge in [0, 0.05) is 37.3 Å². The molecule has 1 heterocycles. The van der Waals surface area contributed by atoms with Crippen LogP contribution in [0.1, 0.15) is 47.0 Å². The van der Waals surface area contributed by atoms with E-state index in [4.69, 9.17) is 0 Å². The van der Waals surface area contributed by atoms with Crippen molar-refractivity contribution in [3.63, 3.8) is 0 Å². The van der Waals surface area contributed by atoms with Gasteiger partial charge in [0.25, 0.3) is 0 Å². The summed E-state index contributed by atoms with van der Waals surface area (Å²) < 4.78 is 0. The Morgan fingerprint density at radius 1 is 1.40 bits per heavy atom. The van der Waals surface area contributed by atoms with Gasteiger partial charge in [0.1, 0.15) is 5.54 Å². The minimum absolute atomic E-state index is 0.222. The Bertz CT molecular complexity index is 382. The van der Waals surface area contributed by atoms with Crippen molar-refractivity contribution in [1.29, 1.82) is 5.26 Å². The molecular weight excluding hydrogens is 248 g/mol. The molecule has 1 N–H and O–H groups in total. The highest BCUT2D eigenvalue weighted by Gasteiger charge is 2.37. The topological polar surface area (TPSA) is 42.3 Å². The average molecular weight is 278 g/mol. The Balaban J connectivity index is 1.93. The number of nitrogens with zero attached hydrogens (tertiary/aromatic N) is 3. The van der Waals surface area contributed by atoms with Gasteiger partial charge in [-0.15, -0.1) is 0 Å². The molecule has 2 unspecified atom stereocenters. The normalized spacial score (nSPS) is 28.6. The summed E-state index contributed by atoms with van der Waals surface area (Å²) in [6.07, 6.45) is 3.36. The van der Waals surface area contributed by atoms with Crippen molar-refractivity contribution in [3.05, 3.63) is 0 Å². The van der Waals surface area contributed by atoms with E-state index in [1.54, 1.807) is 0 Å². The Morgan fingerprint density at radius 2 is 2.05 bits per heavy atom. The second-order valence-corrected chi connectivity index (χ2v) is 7.62. The van der Waals surface area contributed by atoms with E-state index >= 15 is 0 Å². The number of nitrogens with one attached hydrogen (secondary N) is 1. The Labute approximate surface area is 124 Å². The molecule has 20 heavy (non-hydrogen) atoms. The molecule has 2 rings (SSSR count). The molecule has 1 saturated heterocycles. The lowest BCUT2D eigenvalue weighted by molar-refractivity contribution is 0.0149. The molecule has 0 aromatic heterocycles. The number of piperazine rings is 1. The third-order valence-corrected chi connectivity index (χ3v) is 5.02. The third-order valence-electron chi connectivity index (χ3n) is 5.02. The van der Waals surface area contributed by atoms with Crippen molar-refractivity contribution >= 4 is 0 Å². The van der Waals surface area contributed by atoms with Crippen molar-refractivity contribution < 1.29 is 0 Å². The van der Waals surface area contributed by atoms with Crippen LogP contribution < -0.4 is 5.32 Å². The van der Waals surface area contributed by atoms with E-state index in [0.29, 0.717) is 12.1 Å². The number of likely N-dealkylation sites (N-methyl/N-ethyl adjacent to an activating group) is 1. The van der Waals surface area contributed by atoms with E-state index in [0.717, 1.165) is 26.1 Å². The van der Waals surface area contributed by atoms with Gasteiger partial charge in [-0.2, -0.15) is 5.26 Å². The third kappa shape index (κ3) is 3.72. The van der Waals surface area contributed by atoms with E-state index in [1.807, 2.05) is 0 Å². The molecule has 0 aromatic rings. The predicted octanol–water partition coefficient (Wildman–Crippen LogP) is 1.83. The first-order valence-electron chi connectivity index (χ1n) is 7.90. The largest absolute Gasteiger partial charge is 0.299 e. The quantitative estimate of drug-likeness (QED) is 0.833. The number of nitriles is 1. The molecule has 2 fully saturated rings. The van der Waals surface area contributed by atoms with Crippen LogP contribution in [0.4, 0.5) is 0 Å². The van der Waals surface area contributed by atoms with Crippen LogP contribution in [0.2, 0.25) is 0 Å². The zero-order chi connectivity index (χ0) is 15.0. The molecule has 114 valence electrons. The van der Waals surface area contributed by atoms with Crippen LogP contribution in [0.15, 0.2) is 0 Å². The van der Waals surface area contributed by atoms with Crippen LogP contribution in [0, 0.1) is 11.3 Å². The van der Waals surface area contributed by atoms with E-state index in [9.17, 15) is 5.26 Å². The van der Waals surface area contributed by atoms with Gasteiger partial charge in [-0.05, 0) is 54.0 Å². The molecule has 4 heteroatoms. The first-order valence-corrected chi connectivity index (χ1v) is 7.90. The molecule has 0 bridgehead atoms. The molecule has 1 aliphatic heterocycles. The van der Waals surface area contributed by atoms with Crippen molar-refractivity contribution in [3.8, 4) is 6.07 Å². The highest BCUT2D eigenvalue weighted by atomic mass is 15.3. The Kier molecular flexibility index (Phi) is 4.44. The number of hydrogen-bond donors (Lipinski definition) is 1. The van der Waals surface area contributed by atoms with Gasteiger partial charge in [0.2, 0.25) is 0 Å². The summed E-state index contributed by atoms with van der Waals surface area (Å²) in [5, 5.41) is 13.0. The average Bonchev–Trinajstić information content (AvgIpc) is 3.16. The van der Waals surface area contributed by atoms with Gasteiger partial charge in [0.05, 0.1) is 6.07 Å². The maximum atomic E-state index is 9.51. The van der Waals surface area contributed by atoms with Crippen LogP contribution in [0.5, 0.6) is 0 Å². The number of rotatable bonds is 5. The summed E-state index contributed by atoms with van der Waals surface area (Å²) in [5.74, 6) is 0. The zero-order valence-corrected chi connectivity index (χ0v) is 13.7. The summed E-state index contributed by atoms with van der Waals surface area (Å²) in [4.78, 5) is 4.98. The molecular formula is C16H30N4. The lowest BCUT2D eigenvalue weighted by atomic mass is 9.91. The highest BCUT2D eigenvalue weighted by molar-refractivity contribution is 5.09. The molecule has 4 nitrogen and oxygen atoms in total. The van der Waals surface area contributed by atoms with E-state index in [-0.39, 0.29) is 11.1 Å². The predicted molar refractivity (Wildman–Crippen MR) is 82.5 cm³/mol. The second kappa shape index (κ2) is 5.63. The summed E-state index contributed by atoms with van der Waals surface area (Å²) in [7, 11) is 2.20. The molecule has 0 aromatic carbocycles. The molecule has 0 amide bonds. The van der Waals surface area contributed by atoms with Crippen molar-refractivity contribution in [2.24, 2.45) is 0 Å². The smallest absolute Gasteiger partial charge is 0.105 e.